The van der Waals surface area contributed by atoms with Gasteiger partial charge in [0.1, 0.15) is 17.2 Å². The number of nitrogens with zero attached hydrogens (tertiary/aromatic N) is 3. The molecule has 0 N–H and O–H groups in total. The maximum absolute atomic E-state index is 12.0. The molecule has 0 aromatic carbocycles. The summed E-state index contributed by atoms with van der Waals surface area (Å²) >= 11 is 0. The van der Waals surface area contributed by atoms with Gasteiger partial charge in [-0.2, -0.15) is 5.26 Å². The highest BCUT2D eigenvalue weighted by molar-refractivity contribution is 5.68. The van der Waals surface area contributed by atoms with E-state index >= 15 is 0 Å². The van der Waals surface area contributed by atoms with Gasteiger partial charge in [-0.25, -0.2) is 9.78 Å². The number of amides is 1. The van der Waals surface area contributed by atoms with Crippen LogP contribution in [0.3, 0.4) is 0 Å². The predicted octanol–water partition coefficient (Wildman–Crippen LogP) is 2.59. The average molecular weight is 303 g/mol. The van der Waals surface area contributed by atoms with Gasteiger partial charge in [-0.15, -0.1) is 0 Å². The summed E-state index contributed by atoms with van der Waals surface area (Å²) in [5.74, 6) is 0.571. The van der Waals surface area contributed by atoms with E-state index in [1.165, 1.54) is 0 Å². The number of pyridine rings is 1. The standard InChI is InChI=1S/C16H21N3O3/c1-16(2,3)22-15(20)19-8-6-12(10-19)11-21-14-13(9-17)5-4-7-18-14/h4-5,7,12H,6,8,10-11H2,1-3H3/t12-/m1/s1. The molecule has 1 saturated heterocycles. The molecule has 1 aromatic rings. The number of carbonyl (C=O) groups is 1. The van der Waals surface area contributed by atoms with Crippen LogP contribution in [0.2, 0.25) is 0 Å². The summed E-state index contributed by atoms with van der Waals surface area (Å²) in [6.45, 7) is 7.26. The normalized spacial score (nSPS) is 17.9. The first-order chi connectivity index (χ1) is 10.4. The van der Waals surface area contributed by atoms with E-state index in [1.807, 2.05) is 20.8 Å². The fourth-order valence-corrected chi connectivity index (χ4v) is 2.25. The largest absolute Gasteiger partial charge is 0.476 e. The van der Waals surface area contributed by atoms with E-state index < -0.39 is 5.60 Å². The molecule has 22 heavy (non-hydrogen) atoms. The Balaban J connectivity index is 1.84. The minimum absolute atomic E-state index is 0.223. The SMILES string of the molecule is CC(C)(C)OC(=O)N1CC[C@@H](COc2ncccc2C#N)C1. The van der Waals surface area contributed by atoms with E-state index in [2.05, 4.69) is 11.1 Å². The Bertz CT molecular complexity index is 575. The van der Waals surface area contributed by atoms with E-state index in [9.17, 15) is 4.79 Å². The first kappa shape index (κ1) is 16.1. The van der Waals surface area contributed by atoms with Crippen LogP contribution in [0.25, 0.3) is 0 Å². The van der Waals surface area contributed by atoms with Crippen LogP contribution in [0, 0.1) is 17.2 Å². The molecule has 0 saturated carbocycles. The summed E-state index contributed by atoms with van der Waals surface area (Å²) in [4.78, 5) is 17.7. The van der Waals surface area contributed by atoms with Crippen molar-refractivity contribution < 1.29 is 14.3 Å². The van der Waals surface area contributed by atoms with E-state index in [-0.39, 0.29) is 12.0 Å². The van der Waals surface area contributed by atoms with Crippen molar-refractivity contribution in [3.63, 3.8) is 0 Å². The lowest BCUT2D eigenvalue weighted by molar-refractivity contribution is 0.0284. The molecule has 2 heterocycles. The molecule has 1 aromatic heterocycles. The van der Waals surface area contributed by atoms with Crippen molar-refractivity contribution in [2.45, 2.75) is 32.8 Å². The van der Waals surface area contributed by atoms with Crippen molar-refractivity contribution in [3.05, 3.63) is 23.9 Å². The molecule has 1 aliphatic rings. The molecule has 0 radical (unpaired) electrons. The molecule has 6 heteroatoms. The lowest BCUT2D eigenvalue weighted by atomic mass is 10.1. The molecular formula is C16H21N3O3. The van der Waals surface area contributed by atoms with Gasteiger partial charge in [0.2, 0.25) is 5.88 Å². The number of hydrogen-bond acceptors (Lipinski definition) is 5. The minimum atomic E-state index is -0.485. The zero-order valence-corrected chi connectivity index (χ0v) is 13.2. The van der Waals surface area contributed by atoms with Gasteiger partial charge in [0.15, 0.2) is 0 Å². The smallest absolute Gasteiger partial charge is 0.410 e. The number of likely N-dealkylation sites (tertiary alicyclic amines) is 1. The van der Waals surface area contributed by atoms with Crippen LogP contribution < -0.4 is 4.74 Å². The van der Waals surface area contributed by atoms with E-state index in [1.54, 1.807) is 23.2 Å². The minimum Gasteiger partial charge on any atom is -0.476 e. The molecule has 1 amide bonds. The third-order valence-electron chi connectivity index (χ3n) is 3.28. The van der Waals surface area contributed by atoms with E-state index in [4.69, 9.17) is 14.7 Å². The molecule has 6 nitrogen and oxygen atoms in total. The van der Waals surface area contributed by atoms with Gasteiger partial charge >= 0.3 is 6.09 Å². The molecular weight excluding hydrogens is 282 g/mol. The molecule has 1 atom stereocenters. The van der Waals surface area contributed by atoms with Crippen LogP contribution in [0.1, 0.15) is 32.8 Å². The highest BCUT2D eigenvalue weighted by Crippen LogP contribution is 2.21. The van der Waals surface area contributed by atoms with Gasteiger partial charge in [-0.1, -0.05) is 0 Å². The predicted molar refractivity (Wildman–Crippen MR) is 80.4 cm³/mol. The number of ether oxygens (including phenoxy) is 2. The number of carbonyl (C=O) groups excluding carboxylic acids is 1. The lowest BCUT2D eigenvalue weighted by Gasteiger charge is -2.24. The molecule has 118 valence electrons. The lowest BCUT2D eigenvalue weighted by Crippen LogP contribution is -2.35. The van der Waals surface area contributed by atoms with E-state index in [0.29, 0.717) is 31.1 Å². The van der Waals surface area contributed by atoms with Crippen molar-refractivity contribution in [2.75, 3.05) is 19.7 Å². The molecule has 0 unspecified atom stereocenters. The van der Waals surface area contributed by atoms with Crippen molar-refractivity contribution in [3.8, 4) is 11.9 Å². The zero-order chi connectivity index (χ0) is 16.2. The summed E-state index contributed by atoms with van der Waals surface area (Å²) < 4.78 is 11.0. The second kappa shape index (κ2) is 6.65. The molecule has 2 rings (SSSR count). The van der Waals surface area contributed by atoms with Crippen molar-refractivity contribution in [2.24, 2.45) is 5.92 Å². The first-order valence-electron chi connectivity index (χ1n) is 7.35. The Morgan fingerprint density at radius 2 is 2.32 bits per heavy atom. The monoisotopic (exact) mass is 303 g/mol. The second-order valence-corrected chi connectivity index (χ2v) is 6.36. The number of hydrogen-bond donors (Lipinski definition) is 0. The van der Waals surface area contributed by atoms with Crippen LogP contribution in [-0.2, 0) is 4.74 Å². The Kier molecular flexibility index (Phi) is 4.86. The zero-order valence-electron chi connectivity index (χ0n) is 13.2. The Morgan fingerprint density at radius 1 is 1.55 bits per heavy atom. The Hall–Kier alpha value is -2.29. The topological polar surface area (TPSA) is 75.4 Å². The summed E-state index contributed by atoms with van der Waals surface area (Å²) in [5.41, 5.74) is -0.0640. The maximum Gasteiger partial charge on any atom is 0.410 e. The Morgan fingerprint density at radius 3 is 3.00 bits per heavy atom. The molecule has 1 fully saturated rings. The van der Waals surface area contributed by atoms with Crippen LogP contribution >= 0.6 is 0 Å². The number of nitriles is 1. The number of aromatic nitrogens is 1. The summed E-state index contributed by atoms with van der Waals surface area (Å²) in [6, 6.07) is 5.42. The molecule has 1 aliphatic heterocycles. The highest BCUT2D eigenvalue weighted by atomic mass is 16.6. The van der Waals surface area contributed by atoms with Crippen LogP contribution in [0.15, 0.2) is 18.3 Å². The number of rotatable bonds is 3. The summed E-state index contributed by atoms with van der Waals surface area (Å²) in [7, 11) is 0. The van der Waals surface area contributed by atoms with E-state index in [0.717, 1.165) is 6.42 Å². The first-order valence-corrected chi connectivity index (χ1v) is 7.35. The van der Waals surface area contributed by atoms with Gasteiger partial charge in [-0.3, -0.25) is 0 Å². The third-order valence-corrected chi connectivity index (χ3v) is 3.28. The van der Waals surface area contributed by atoms with Gasteiger partial charge < -0.3 is 14.4 Å². The van der Waals surface area contributed by atoms with Gasteiger partial charge in [0.05, 0.1) is 6.61 Å². The summed E-state index contributed by atoms with van der Waals surface area (Å²) in [6.07, 6.45) is 2.16. The van der Waals surface area contributed by atoms with Gasteiger partial charge in [-0.05, 0) is 39.3 Å². The molecule has 0 bridgehead atoms. The van der Waals surface area contributed by atoms with Crippen molar-refractivity contribution in [1.82, 2.24) is 9.88 Å². The fourth-order valence-electron chi connectivity index (χ4n) is 2.25. The summed E-state index contributed by atoms with van der Waals surface area (Å²) in [5, 5.41) is 8.99. The van der Waals surface area contributed by atoms with Crippen LogP contribution in [0.4, 0.5) is 4.79 Å². The van der Waals surface area contributed by atoms with Crippen molar-refractivity contribution >= 4 is 6.09 Å². The average Bonchev–Trinajstić information content (AvgIpc) is 2.92. The third kappa shape index (κ3) is 4.35. The fraction of sp³-hybridized carbons (Fsp3) is 0.562. The second-order valence-electron chi connectivity index (χ2n) is 6.36. The Labute approximate surface area is 130 Å². The van der Waals surface area contributed by atoms with Crippen molar-refractivity contribution in [1.29, 1.82) is 5.26 Å². The van der Waals surface area contributed by atoms with Crippen LogP contribution in [-0.4, -0.2) is 41.3 Å². The van der Waals surface area contributed by atoms with Gasteiger partial charge in [0.25, 0.3) is 0 Å². The van der Waals surface area contributed by atoms with Crippen LogP contribution in [0.5, 0.6) is 5.88 Å². The highest BCUT2D eigenvalue weighted by Gasteiger charge is 2.30. The molecule has 0 spiro atoms. The maximum atomic E-state index is 12.0. The molecule has 0 aliphatic carbocycles. The quantitative estimate of drug-likeness (QED) is 0.858. The van der Waals surface area contributed by atoms with Gasteiger partial charge in [0, 0.05) is 25.2 Å².